The van der Waals surface area contributed by atoms with Gasteiger partial charge in [-0.25, -0.2) is 0 Å². The van der Waals surface area contributed by atoms with Gasteiger partial charge in [-0.3, -0.25) is 4.79 Å². The first-order chi connectivity index (χ1) is 8.25. The van der Waals surface area contributed by atoms with Crippen molar-refractivity contribution < 1.29 is 4.79 Å². The molecule has 1 aliphatic rings. The molecule has 0 spiro atoms. The molecule has 2 N–H and O–H groups in total. The average Bonchev–Trinajstić information content (AvgIpc) is 2.38. The third kappa shape index (κ3) is 3.56. The molecule has 0 unspecified atom stereocenters. The van der Waals surface area contributed by atoms with Crippen LogP contribution in [0.15, 0.2) is 30.3 Å². The van der Waals surface area contributed by atoms with Crippen molar-refractivity contribution in [3.8, 4) is 0 Å². The van der Waals surface area contributed by atoms with Gasteiger partial charge >= 0.3 is 0 Å². The van der Waals surface area contributed by atoms with E-state index in [1.54, 1.807) is 0 Å². The maximum atomic E-state index is 11.0. The molecule has 0 bridgehead atoms. The van der Waals surface area contributed by atoms with Crippen LogP contribution in [-0.2, 0) is 11.2 Å². The number of carbonyl (C=O) groups is 1. The van der Waals surface area contributed by atoms with Crippen LogP contribution in [0.1, 0.15) is 18.4 Å². The topological polar surface area (TPSA) is 46.3 Å². The second-order valence-electron chi connectivity index (χ2n) is 4.75. The van der Waals surface area contributed by atoms with Crippen LogP contribution in [-0.4, -0.2) is 30.4 Å². The van der Waals surface area contributed by atoms with Crippen molar-refractivity contribution in [1.82, 2.24) is 4.90 Å². The van der Waals surface area contributed by atoms with Crippen molar-refractivity contribution in [1.29, 1.82) is 0 Å². The van der Waals surface area contributed by atoms with Crippen LogP contribution >= 0.6 is 0 Å². The summed E-state index contributed by atoms with van der Waals surface area (Å²) in [4.78, 5) is 13.5. The Hall–Kier alpha value is -1.35. The van der Waals surface area contributed by atoms with Crippen molar-refractivity contribution in [3.05, 3.63) is 35.9 Å². The van der Waals surface area contributed by atoms with E-state index >= 15 is 0 Å². The summed E-state index contributed by atoms with van der Waals surface area (Å²) < 4.78 is 0. The van der Waals surface area contributed by atoms with Gasteiger partial charge in [0.25, 0.3) is 0 Å². The van der Waals surface area contributed by atoms with Crippen molar-refractivity contribution in [2.24, 2.45) is 11.7 Å². The van der Waals surface area contributed by atoms with Crippen LogP contribution in [0.25, 0.3) is 0 Å². The molecule has 92 valence electrons. The van der Waals surface area contributed by atoms with Crippen LogP contribution in [0.2, 0.25) is 0 Å². The zero-order chi connectivity index (χ0) is 12.1. The van der Waals surface area contributed by atoms with Crippen molar-refractivity contribution in [2.75, 3.05) is 19.6 Å². The number of rotatable bonds is 4. The van der Waals surface area contributed by atoms with E-state index in [0.717, 1.165) is 38.9 Å². The van der Waals surface area contributed by atoms with Gasteiger partial charge in [-0.2, -0.15) is 0 Å². The summed E-state index contributed by atoms with van der Waals surface area (Å²) in [5.74, 6) is -0.0318. The van der Waals surface area contributed by atoms with Gasteiger partial charge in [-0.1, -0.05) is 30.3 Å². The van der Waals surface area contributed by atoms with E-state index in [-0.39, 0.29) is 11.8 Å². The highest BCUT2D eigenvalue weighted by Gasteiger charge is 2.22. The molecular weight excluding hydrogens is 212 g/mol. The van der Waals surface area contributed by atoms with Crippen molar-refractivity contribution in [3.63, 3.8) is 0 Å². The molecule has 3 heteroatoms. The Kier molecular flexibility index (Phi) is 4.15. The smallest absolute Gasteiger partial charge is 0.220 e. The molecule has 1 fully saturated rings. The number of hydrogen-bond acceptors (Lipinski definition) is 2. The Balaban J connectivity index is 1.74. The SMILES string of the molecule is NC(=O)C1CCN(CCc2ccccc2)CC1. The lowest BCUT2D eigenvalue weighted by Crippen LogP contribution is -2.39. The highest BCUT2D eigenvalue weighted by atomic mass is 16.1. The number of benzene rings is 1. The fourth-order valence-electron chi connectivity index (χ4n) is 2.37. The van der Waals surface area contributed by atoms with Gasteiger partial charge in [0.1, 0.15) is 0 Å². The molecule has 0 atom stereocenters. The Morgan fingerprint density at radius 2 is 1.88 bits per heavy atom. The van der Waals surface area contributed by atoms with Gasteiger partial charge in [0.15, 0.2) is 0 Å². The van der Waals surface area contributed by atoms with E-state index in [4.69, 9.17) is 5.73 Å². The summed E-state index contributed by atoms with van der Waals surface area (Å²) in [6, 6.07) is 10.5. The molecule has 1 heterocycles. The maximum absolute atomic E-state index is 11.0. The fourth-order valence-corrected chi connectivity index (χ4v) is 2.37. The Labute approximate surface area is 103 Å². The molecular formula is C14H20N2O. The lowest BCUT2D eigenvalue weighted by Gasteiger charge is -2.30. The predicted molar refractivity (Wildman–Crippen MR) is 68.5 cm³/mol. The number of hydrogen-bond donors (Lipinski definition) is 1. The van der Waals surface area contributed by atoms with Crippen molar-refractivity contribution >= 4 is 5.91 Å². The maximum Gasteiger partial charge on any atom is 0.220 e. The molecule has 17 heavy (non-hydrogen) atoms. The van der Waals surface area contributed by atoms with Crippen LogP contribution in [0.4, 0.5) is 0 Å². The molecule has 1 aromatic rings. The van der Waals surface area contributed by atoms with Gasteiger partial charge in [-0.15, -0.1) is 0 Å². The second kappa shape index (κ2) is 5.82. The molecule has 3 nitrogen and oxygen atoms in total. The zero-order valence-corrected chi connectivity index (χ0v) is 10.1. The molecule has 0 aliphatic carbocycles. The normalized spacial score (nSPS) is 18.1. The molecule has 1 aliphatic heterocycles. The van der Waals surface area contributed by atoms with Crippen LogP contribution in [0.5, 0.6) is 0 Å². The number of likely N-dealkylation sites (tertiary alicyclic amines) is 1. The van der Waals surface area contributed by atoms with E-state index in [1.807, 2.05) is 6.07 Å². The third-order valence-corrected chi connectivity index (χ3v) is 3.55. The summed E-state index contributed by atoms with van der Waals surface area (Å²) in [5.41, 5.74) is 6.70. The molecule has 2 rings (SSSR count). The lowest BCUT2D eigenvalue weighted by atomic mass is 9.96. The minimum atomic E-state index is -0.132. The first kappa shape index (κ1) is 12.1. The molecule has 0 aromatic heterocycles. The number of carbonyl (C=O) groups excluding carboxylic acids is 1. The van der Waals surface area contributed by atoms with Gasteiger partial charge in [-0.05, 0) is 37.9 Å². The quantitative estimate of drug-likeness (QED) is 0.853. The second-order valence-corrected chi connectivity index (χ2v) is 4.75. The summed E-state index contributed by atoms with van der Waals surface area (Å²) in [6.45, 7) is 3.08. The van der Waals surface area contributed by atoms with E-state index in [2.05, 4.69) is 29.2 Å². The number of nitrogens with zero attached hydrogens (tertiary/aromatic N) is 1. The summed E-state index contributed by atoms with van der Waals surface area (Å²) in [7, 11) is 0. The largest absolute Gasteiger partial charge is 0.369 e. The summed E-state index contributed by atoms with van der Waals surface area (Å²) >= 11 is 0. The molecule has 0 radical (unpaired) electrons. The average molecular weight is 232 g/mol. The van der Waals surface area contributed by atoms with Crippen LogP contribution in [0, 0.1) is 5.92 Å². The summed E-state index contributed by atoms with van der Waals surface area (Å²) in [5, 5.41) is 0. The highest BCUT2D eigenvalue weighted by Crippen LogP contribution is 2.16. The first-order valence-electron chi connectivity index (χ1n) is 6.31. The van der Waals surface area contributed by atoms with Crippen LogP contribution in [0.3, 0.4) is 0 Å². The predicted octanol–water partition coefficient (Wildman–Crippen LogP) is 1.43. The van der Waals surface area contributed by atoms with E-state index in [1.165, 1.54) is 5.56 Å². The van der Waals surface area contributed by atoms with Gasteiger partial charge in [0, 0.05) is 12.5 Å². The fraction of sp³-hybridized carbons (Fsp3) is 0.500. The first-order valence-corrected chi connectivity index (χ1v) is 6.31. The number of amides is 1. The number of primary amides is 1. The molecule has 1 aromatic carbocycles. The minimum Gasteiger partial charge on any atom is -0.369 e. The Morgan fingerprint density at radius 3 is 2.47 bits per heavy atom. The number of nitrogens with two attached hydrogens (primary N) is 1. The Morgan fingerprint density at radius 1 is 1.24 bits per heavy atom. The lowest BCUT2D eigenvalue weighted by molar-refractivity contribution is -0.123. The van der Waals surface area contributed by atoms with Crippen LogP contribution < -0.4 is 5.73 Å². The third-order valence-electron chi connectivity index (χ3n) is 3.55. The molecule has 1 amide bonds. The van der Waals surface area contributed by atoms with E-state index < -0.39 is 0 Å². The van der Waals surface area contributed by atoms with Gasteiger partial charge in [0.2, 0.25) is 5.91 Å². The van der Waals surface area contributed by atoms with E-state index in [0.29, 0.717) is 0 Å². The molecule has 1 saturated heterocycles. The monoisotopic (exact) mass is 232 g/mol. The molecule has 0 saturated carbocycles. The van der Waals surface area contributed by atoms with Gasteiger partial charge in [0.05, 0.1) is 0 Å². The Bertz CT molecular complexity index is 356. The van der Waals surface area contributed by atoms with Crippen molar-refractivity contribution in [2.45, 2.75) is 19.3 Å². The zero-order valence-electron chi connectivity index (χ0n) is 10.1. The minimum absolute atomic E-state index is 0.1000. The summed E-state index contributed by atoms with van der Waals surface area (Å²) in [6.07, 6.45) is 2.93. The number of piperidine rings is 1. The standard InChI is InChI=1S/C14H20N2O/c15-14(17)13-7-10-16(11-8-13)9-6-12-4-2-1-3-5-12/h1-5,13H,6-11H2,(H2,15,17). The highest BCUT2D eigenvalue weighted by molar-refractivity contribution is 5.76. The van der Waals surface area contributed by atoms with E-state index in [9.17, 15) is 4.79 Å². The van der Waals surface area contributed by atoms with Gasteiger partial charge < -0.3 is 10.6 Å².